The largest absolute Gasteiger partial charge is 0.325 e. The lowest BCUT2D eigenvalue weighted by atomic mass is 10.0. The number of benzene rings is 1. The number of fused-ring (bicyclic) bond motifs is 1. The molecule has 0 N–H and O–H groups in total. The molecular weight excluding hydrogens is 248 g/mol. The van der Waals surface area contributed by atoms with E-state index in [1.165, 1.54) is 5.56 Å². The van der Waals surface area contributed by atoms with E-state index in [1.54, 1.807) is 0 Å². The van der Waals surface area contributed by atoms with E-state index in [9.17, 15) is 4.79 Å². The Bertz CT molecular complexity index is 625. The first-order chi connectivity index (χ1) is 9.74. The number of imidazole rings is 1. The molecule has 0 saturated heterocycles. The standard InChI is InChI=1S/C17H20N2O/c1-3-13-6-8-14(9-7-13)16-15(11-20)19-10-4-5-12(2)17(19)18-16/h6-9,11-12H,3-5,10H2,1-2H3. The maximum atomic E-state index is 11.5. The second-order valence-corrected chi connectivity index (χ2v) is 5.57. The van der Waals surface area contributed by atoms with Gasteiger partial charge in [-0.1, -0.05) is 38.1 Å². The first-order valence-electron chi connectivity index (χ1n) is 7.39. The Labute approximate surface area is 119 Å². The van der Waals surface area contributed by atoms with Crippen LogP contribution in [0.25, 0.3) is 11.3 Å². The summed E-state index contributed by atoms with van der Waals surface area (Å²) < 4.78 is 2.10. The van der Waals surface area contributed by atoms with E-state index in [0.717, 1.165) is 54.9 Å². The molecular formula is C17H20N2O. The molecule has 0 aliphatic carbocycles. The van der Waals surface area contributed by atoms with Gasteiger partial charge in [0.1, 0.15) is 11.5 Å². The highest BCUT2D eigenvalue weighted by atomic mass is 16.1. The first-order valence-corrected chi connectivity index (χ1v) is 7.39. The van der Waals surface area contributed by atoms with Gasteiger partial charge in [-0.15, -0.1) is 0 Å². The van der Waals surface area contributed by atoms with Crippen LogP contribution in [0.5, 0.6) is 0 Å². The van der Waals surface area contributed by atoms with Crippen molar-refractivity contribution in [3.05, 3.63) is 41.3 Å². The summed E-state index contributed by atoms with van der Waals surface area (Å²) in [7, 11) is 0. The summed E-state index contributed by atoms with van der Waals surface area (Å²) in [6.45, 7) is 5.24. The predicted octanol–water partition coefficient (Wildman–Crippen LogP) is 3.82. The van der Waals surface area contributed by atoms with Crippen molar-refractivity contribution in [2.45, 2.75) is 45.6 Å². The number of nitrogens with zero attached hydrogens (tertiary/aromatic N) is 2. The number of aryl methyl sites for hydroxylation is 1. The van der Waals surface area contributed by atoms with Crippen molar-refractivity contribution >= 4 is 6.29 Å². The smallest absolute Gasteiger partial charge is 0.168 e. The SMILES string of the molecule is CCc1ccc(-c2nc3n(c2C=O)CCCC3C)cc1. The summed E-state index contributed by atoms with van der Waals surface area (Å²) in [6.07, 6.45) is 4.26. The molecule has 104 valence electrons. The van der Waals surface area contributed by atoms with Crippen LogP contribution in [-0.2, 0) is 13.0 Å². The number of aldehydes is 1. The molecule has 3 rings (SSSR count). The minimum Gasteiger partial charge on any atom is -0.325 e. The number of carbonyl (C=O) groups is 1. The van der Waals surface area contributed by atoms with E-state index in [0.29, 0.717) is 5.92 Å². The maximum Gasteiger partial charge on any atom is 0.168 e. The van der Waals surface area contributed by atoms with E-state index in [1.807, 2.05) is 0 Å². The molecule has 0 radical (unpaired) electrons. The van der Waals surface area contributed by atoms with Crippen LogP contribution in [0, 0.1) is 0 Å². The molecule has 20 heavy (non-hydrogen) atoms. The maximum absolute atomic E-state index is 11.5. The fourth-order valence-corrected chi connectivity index (χ4v) is 3.01. The van der Waals surface area contributed by atoms with Gasteiger partial charge in [0.15, 0.2) is 6.29 Å². The lowest BCUT2D eigenvalue weighted by Crippen LogP contribution is -2.15. The minimum atomic E-state index is 0.436. The molecule has 1 atom stereocenters. The molecule has 1 aliphatic rings. The van der Waals surface area contributed by atoms with Gasteiger partial charge in [-0.3, -0.25) is 4.79 Å². The Hall–Kier alpha value is -1.90. The number of rotatable bonds is 3. The van der Waals surface area contributed by atoms with Gasteiger partial charge < -0.3 is 4.57 Å². The topological polar surface area (TPSA) is 34.9 Å². The van der Waals surface area contributed by atoms with Gasteiger partial charge in [-0.05, 0) is 24.8 Å². The van der Waals surface area contributed by atoms with Crippen LogP contribution in [0.4, 0.5) is 0 Å². The van der Waals surface area contributed by atoms with Gasteiger partial charge in [0.25, 0.3) is 0 Å². The summed E-state index contributed by atoms with van der Waals surface area (Å²) in [5.74, 6) is 1.50. The van der Waals surface area contributed by atoms with Gasteiger partial charge >= 0.3 is 0 Å². The van der Waals surface area contributed by atoms with E-state index in [2.05, 4.69) is 42.7 Å². The second kappa shape index (κ2) is 5.23. The van der Waals surface area contributed by atoms with Crippen molar-refractivity contribution in [1.29, 1.82) is 0 Å². The molecule has 1 aromatic heterocycles. The minimum absolute atomic E-state index is 0.436. The first kappa shape index (κ1) is 13.1. The normalized spacial score (nSPS) is 17.8. The Balaban J connectivity index is 2.10. The van der Waals surface area contributed by atoms with Crippen molar-refractivity contribution < 1.29 is 4.79 Å². The molecule has 2 aromatic rings. The number of hydrogen-bond acceptors (Lipinski definition) is 2. The zero-order chi connectivity index (χ0) is 14.1. The number of hydrogen-bond donors (Lipinski definition) is 0. The van der Waals surface area contributed by atoms with E-state index in [-0.39, 0.29) is 0 Å². The van der Waals surface area contributed by atoms with Crippen molar-refractivity contribution in [3.8, 4) is 11.3 Å². The summed E-state index contributed by atoms with van der Waals surface area (Å²) in [4.78, 5) is 16.3. The molecule has 3 nitrogen and oxygen atoms in total. The van der Waals surface area contributed by atoms with Crippen molar-refractivity contribution in [2.24, 2.45) is 0 Å². The monoisotopic (exact) mass is 268 g/mol. The van der Waals surface area contributed by atoms with Gasteiger partial charge in [-0.25, -0.2) is 4.98 Å². The van der Waals surface area contributed by atoms with Crippen LogP contribution in [0.2, 0.25) is 0 Å². The van der Waals surface area contributed by atoms with Crippen molar-refractivity contribution in [2.75, 3.05) is 0 Å². The fraction of sp³-hybridized carbons (Fsp3) is 0.412. The van der Waals surface area contributed by atoms with Gasteiger partial charge in [0.05, 0.1) is 5.69 Å². The van der Waals surface area contributed by atoms with Gasteiger partial charge in [0.2, 0.25) is 0 Å². The molecule has 2 heterocycles. The molecule has 0 spiro atoms. The highest BCUT2D eigenvalue weighted by molar-refractivity contribution is 5.84. The molecule has 1 aromatic carbocycles. The Morgan fingerprint density at radius 1 is 1.35 bits per heavy atom. The molecule has 0 bridgehead atoms. The average Bonchev–Trinajstić information content (AvgIpc) is 2.87. The summed E-state index contributed by atoms with van der Waals surface area (Å²) in [6, 6.07) is 8.38. The van der Waals surface area contributed by atoms with Crippen LogP contribution in [-0.4, -0.2) is 15.8 Å². The zero-order valence-electron chi connectivity index (χ0n) is 12.1. The van der Waals surface area contributed by atoms with E-state index >= 15 is 0 Å². The van der Waals surface area contributed by atoms with Gasteiger partial charge in [0, 0.05) is 18.0 Å². The lowest BCUT2D eigenvalue weighted by molar-refractivity contribution is 0.111. The Kier molecular flexibility index (Phi) is 3.43. The highest BCUT2D eigenvalue weighted by Crippen LogP contribution is 2.32. The third kappa shape index (κ3) is 2.07. The Morgan fingerprint density at radius 3 is 2.75 bits per heavy atom. The lowest BCUT2D eigenvalue weighted by Gasteiger charge is -2.20. The van der Waals surface area contributed by atoms with Crippen LogP contribution in [0.15, 0.2) is 24.3 Å². The molecule has 1 aliphatic heterocycles. The van der Waals surface area contributed by atoms with Crippen molar-refractivity contribution in [3.63, 3.8) is 0 Å². The highest BCUT2D eigenvalue weighted by Gasteiger charge is 2.24. The molecule has 0 amide bonds. The quantitative estimate of drug-likeness (QED) is 0.793. The van der Waals surface area contributed by atoms with Crippen LogP contribution in [0.1, 0.15) is 54.5 Å². The molecule has 0 saturated carbocycles. The average molecular weight is 268 g/mol. The van der Waals surface area contributed by atoms with E-state index < -0.39 is 0 Å². The fourth-order valence-electron chi connectivity index (χ4n) is 3.01. The predicted molar refractivity (Wildman–Crippen MR) is 80.1 cm³/mol. The Morgan fingerprint density at radius 2 is 2.10 bits per heavy atom. The number of carbonyl (C=O) groups excluding carboxylic acids is 1. The number of aromatic nitrogens is 2. The van der Waals surface area contributed by atoms with Crippen LogP contribution < -0.4 is 0 Å². The summed E-state index contributed by atoms with van der Waals surface area (Å²) in [5, 5.41) is 0. The molecule has 0 fully saturated rings. The van der Waals surface area contributed by atoms with Gasteiger partial charge in [-0.2, -0.15) is 0 Å². The zero-order valence-corrected chi connectivity index (χ0v) is 12.1. The van der Waals surface area contributed by atoms with E-state index in [4.69, 9.17) is 4.98 Å². The second-order valence-electron chi connectivity index (χ2n) is 5.57. The third-order valence-electron chi connectivity index (χ3n) is 4.24. The van der Waals surface area contributed by atoms with Crippen LogP contribution >= 0.6 is 0 Å². The third-order valence-corrected chi connectivity index (χ3v) is 4.24. The molecule has 3 heteroatoms. The molecule has 1 unspecified atom stereocenters. The van der Waals surface area contributed by atoms with Crippen LogP contribution in [0.3, 0.4) is 0 Å². The summed E-state index contributed by atoms with van der Waals surface area (Å²) >= 11 is 0. The van der Waals surface area contributed by atoms with Crippen molar-refractivity contribution in [1.82, 2.24) is 9.55 Å². The summed E-state index contributed by atoms with van der Waals surface area (Å²) in [5.41, 5.74) is 3.92.